The lowest BCUT2D eigenvalue weighted by atomic mass is 9.92. The molecular formula is C19H20O4. The van der Waals surface area contributed by atoms with Crippen LogP contribution >= 0.6 is 0 Å². The quantitative estimate of drug-likeness (QED) is 0.852. The molecule has 1 aromatic rings. The number of ether oxygens (including phenoxy) is 4. The summed E-state index contributed by atoms with van der Waals surface area (Å²) in [5.74, 6) is 2.89. The molecule has 0 radical (unpaired) electrons. The molecule has 0 fully saturated rings. The standard InChI is InChI=1S/C19H20O4/c1-20-16-10-9-14-15(12-7-5-6-8-13(12)16)11-17(21-2)19(23-4)18(14)22-3/h5-10H,11H2,1-4H3. The van der Waals surface area contributed by atoms with Crippen LogP contribution in [0.2, 0.25) is 0 Å². The summed E-state index contributed by atoms with van der Waals surface area (Å²) in [6, 6.07) is 8.18. The van der Waals surface area contributed by atoms with E-state index >= 15 is 0 Å². The predicted molar refractivity (Wildman–Crippen MR) is 88.4 cm³/mol. The van der Waals surface area contributed by atoms with Gasteiger partial charge >= 0.3 is 0 Å². The molecule has 3 rings (SSSR count). The lowest BCUT2D eigenvalue weighted by Crippen LogP contribution is -2.30. The number of hydrogen-bond donors (Lipinski definition) is 0. The van der Waals surface area contributed by atoms with Gasteiger partial charge in [-0.25, -0.2) is 0 Å². The summed E-state index contributed by atoms with van der Waals surface area (Å²) in [6.07, 6.45) is 4.62. The fraction of sp³-hybridized carbons (Fsp3) is 0.263. The third kappa shape index (κ3) is 2.40. The number of methoxy groups -OCH3 is 4. The van der Waals surface area contributed by atoms with E-state index in [0.29, 0.717) is 17.9 Å². The Bertz CT molecular complexity index is 840. The first-order chi connectivity index (χ1) is 11.2. The topological polar surface area (TPSA) is 36.9 Å². The summed E-state index contributed by atoms with van der Waals surface area (Å²) < 4.78 is 22.2. The molecular weight excluding hydrogens is 292 g/mol. The Morgan fingerprint density at radius 2 is 1.43 bits per heavy atom. The van der Waals surface area contributed by atoms with Crippen LogP contribution in [0.5, 0.6) is 0 Å². The molecule has 23 heavy (non-hydrogen) atoms. The highest BCUT2D eigenvalue weighted by Crippen LogP contribution is 2.36. The molecule has 1 aromatic carbocycles. The van der Waals surface area contributed by atoms with Gasteiger partial charge in [-0.15, -0.1) is 0 Å². The van der Waals surface area contributed by atoms with Crippen molar-refractivity contribution in [3.05, 3.63) is 69.7 Å². The van der Waals surface area contributed by atoms with E-state index in [1.54, 1.807) is 28.4 Å². The lowest BCUT2D eigenvalue weighted by molar-refractivity contribution is 0.179. The molecule has 0 N–H and O–H groups in total. The molecule has 2 aliphatic carbocycles. The Labute approximate surface area is 135 Å². The first kappa shape index (κ1) is 15.3. The minimum atomic E-state index is 0.636. The molecule has 0 unspecified atom stereocenters. The van der Waals surface area contributed by atoms with Gasteiger partial charge in [0.15, 0.2) is 11.5 Å². The number of allylic oxidation sites excluding steroid dienone is 3. The Morgan fingerprint density at radius 1 is 0.739 bits per heavy atom. The molecule has 0 heterocycles. The number of rotatable bonds is 4. The fourth-order valence-corrected chi connectivity index (χ4v) is 3.10. The minimum absolute atomic E-state index is 0.636. The van der Waals surface area contributed by atoms with Crippen LogP contribution in [-0.2, 0) is 18.9 Å². The Hall–Kier alpha value is -2.62. The van der Waals surface area contributed by atoms with Gasteiger partial charge in [0.2, 0.25) is 0 Å². The zero-order valence-corrected chi connectivity index (χ0v) is 13.8. The first-order valence-electron chi connectivity index (χ1n) is 7.39. The van der Waals surface area contributed by atoms with E-state index in [-0.39, 0.29) is 0 Å². The van der Waals surface area contributed by atoms with Gasteiger partial charge in [0.05, 0.1) is 28.4 Å². The highest BCUT2D eigenvalue weighted by molar-refractivity contribution is 5.78. The molecule has 0 amide bonds. The summed E-state index contributed by atoms with van der Waals surface area (Å²) in [5, 5.41) is 2.17. The van der Waals surface area contributed by atoms with Crippen molar-refractivity contribution in [2.24, 2.45) is 0 Å². The smallest absolute Gasteiger partial charge is 0.199 e. The summed E-state index contributed by atoms with van der Waals surface area (Å²) in [7, 11) is 6.60. The van der Waals surface area contributed by atoms with Crippen molar-refractivity contribution in [3.8, 4) is 0 Å². The fourth-order valence-electron chi connectivity index (χ4n) is 3.10. The van der Waals surface area contributed by atoms with Crippen LogP contribution in [0.3, 0.4) is 0 Å². The Morgan fingerprint density at radius 3 is 2.04 bits per heavy atom. The lowest BCUT2D eigenvalue weighted by Gasteiger charge is -2.24. The molecule has 4 heteroatoms. The average molecular weight is 312 g/mol. The van der Waals surface area contributed by atoms with Gasteiger partial charge in [0, 0.05) is 17.2 Å². The van der Waals surface area contributed by atoms with Crippen molar-refractivity contribution in [1.29, 1.82) is 0 Å². The van der Waals surface area contributed by atoms with Crippen molar-refractivity contribution in [1.82, 2.24) is 0 Å². The van der Waals surface area contributed by atoms with Crippen molar-refractivity contribution >= 4 is 11.3 Å². The van der Waals surface area contributed by atoms with E-state index in [1.807, 2.05) is 24.3 Å². The van der Waals surface area contributed by atoms with Gasteiger partial charge in [-0.05, 0) is 22.9 Å². The highest BCUT2D eigenvalue weighted by atomic mass is 16.5. The van der Waals surface area contributed by atoms with Gasteiger partial charge in [-0.3, -0.25) is 0 Å². The first-order valence-corrected chi connectivity index (χ1v) is 7.39. The van der Waals surface area contributed by atoms with Crippen LogP contribution in [0.1, 0.15) is 6.42 Å². The van der Waals surface area contributed by atoms with Gasteiger partial charge in [-0.1, -0.05) is 24.3 Å². The average Bonchev–Trinajstić information content (AvgIpc) is 2.76. The van der Waals surface area contributed by atoms with E-state index in [1.165, 1.54) is 0 Å². The molecule has 0 saturated carbocycles. The van der Waals surface area contributed by atoms with Crippen LogP contribution in [-0.4, -0.2) is 28.4 Å². The molecule has 0 saturated heterocycles. The van der Waals surface area contributed by atoms with Crippen LogP contribution in [0.25, 0.3) is 11.3 Å². The third-order valence-electron chi connectivity index (χ3n) is 4.16. The zero-order chi connectivity index (χ0) is 16.4. The largest absolute Gasteiger partial charge is 0.497 e. The van der Waals surface area contributed by atoms with Crippen molar-refractivity contribution in [2.45, 2.75) is 6.42 Å². The van der Waals surface area contributed by atoms with Crippen molar-refractivity contribution in [2.75, 3.05) is 28.4 Å². The second-order valence-corrected chi connectivity index (χ2v) is 5.21. The minimum Gasteiger partial charge on any atom is -0.497 e. The molecule has 0 aromatic heterocycles. The summed E-state index contributed by atoms with van der Waals surface area (Å²) in [4.78, 5) is 0. The summed E-state index contributed by atoms with van der Waals surface area (Å²) in [6.45, 7) is 0. The van der Waals surface area contributed by atoms with E-state index in [4.69, 9.17) is 18.9 Å². The van der Waals surface area contributed by atoms with Gasteiger partial charge in [-0.2, -0.15) is 0 Å². The molecule has 0 spiro atoms. The van der Waals surface area contributed by atoms with Crippen molar-refractivity contribution in [3.63, 3.8) is 0 Å². The van der Waals surface area contributed by atoms with Gasteiger partial charge in [0.25, 0.3) is 0 Å². The summed E-state index contributed by atoms with van der Waals surface area (Å²) in [5.41, 5.74) is 2.13. The van der Waals surface area contributed by atoms with E-state index in [2.05, 4.69) is 12.1 Å². The second-order valence-electron chi connectivity index (χ2n) is 5.21. The predicted octanol–water partition coefficient (Wildman–Crippen LogP) is 1.97. The molecule has 0 bridgehead atoms. The maximum atomic E-state index is 5.63. The normalized spacial score (nSPS) is 16.7. The maximum absolute atomic E-state index is 5.63. The summed E-state index contributed by atoms with van der Waals surface area (Å²) >= 11 is 0. The van der Waals surface area contributed by atoms with E-state index in [9.17, 15) is 0 Å². The SMILES string of the molecule is COC1=C(OC)C(OC)=C2C=CC(OC)=c3ccccc3=C2C1. The van der Waals surface area contributed by atoms with Crippen LogP contribution in [0.4, 0.5) is 0 Å². The molecule has 0 atom stereocenters. The number of fused-ring (bicyclic) bond motifs is 2. The van der Waals surface area contributed by atoms with Crippen LogP contribution < -0.4 is 10.4 Å². The molecule has 4 nitrogen and oxygen atoms in total. The van der Waals surface area contributed by atoms with Gasteiger partial charge < -0.3 is 18.9 Å². The maximum Gasteiger partial charge on any atom is 0.199 e. The van der Waals surface area contributed by atoms with Crippen molar-refractivity contribution < 1.29 is 18.9 Å². The molecule has 120 valence electrons. The third-order valence-corrected chi connectivity index (χ3v) is 4.16. The Balaban J connectivity index is 2.42. The monoisotopic (exact) mass is 312 g/mol. The van der Waals surface area contributed by atoms with E-state index < -0.39 is 0 Å². The number of benzene rings is 1. The molecule has 0 aliphatic heterocycles. The molecule has 2 aliphatic rings. The Kier molecular flexibility index (Phi) is 4.15. The second kappa shape index (κ2) is 6.24. The van der Waals surface area contributed by atoms with Crippen LogP contribution in [0, 0.1) is 0 Å². The van der Waals surface area contributed by atoms with E-state index in [0.717, 1.165) is 33.1 Å². The van der Waals surface area contributed by atoms with Gasteiger partial charge in [0.1, 0.15) is 11.5 Å². The highest BCUT2D eigenvalue weighted by Gasteiger charge is 2.28. The number of hydrogen-bond acceptors (Lipinski definition) is 4. The zero-order valence-electron chi connectivity index (χ0n) is 13.8. The van der Waals surface area contributed by atoms with Crippen LogP contribution in [0.15, 0.2) is 59.3 Å².